The van der Waals surface area contributed by atoms with Crippen molar-refractivity contribution in [1.29, 1.82) is 0 Å². The monoisotopic (exact) mass is 240 g/mol. The Morgan fingerprint density at radius 1 is 1.24 bits per heavy atom. The topological polar surface area (TPSA) is 38.5 Å². The molecule has 2 N–H and O–H groups in total. The molecule has 0 radical (unpaired) electrons. The van der Waals surface area contributed by atoms with Gasteiger partial charge < -0.3 is 10.5 Å². The van der Waals surface area contributed by atoms with Crippen LogP contribution in [-0.2, 0) is 4.74 Å². The molecule has 0 bridgehead atoms. The van der Waals surface area contributed by atoms with Crippen LogP contribution in [0.25, 0.3) is 0 Å². The van der Waals surface area contributed by atoms with Crippen LogP contribution in [-0.4, -0.2) is 44.3 Å². The average molecular weight is 240 g/mol. The summed E-state index contributed by atoms with van der Waals surface area (Å²) in [5, 5.41) is 0. The fourth-order valence-corrected chi connectivity index (χ4v) is 3.20. The summed E-state index contributed by atoms with van der Waals surface area (Å²) >= 11 is 0. The smallest absolute Gasteiger partial charge is 0.0589 e. The van der Waals surface area contributed by atoms with Gasteiger partial charge in [-0.3, -0.25) is 4.90 Å². The SMILES string of the molecule is COCCN(CC1(CN)CCCCC1)C1CC1. The zero-order valence-corrected chi connectivity index (χ0v) is 11.3. The maximum Gasteiger partial charge on any atom is 0.0589 e. The van der Waals surface area contributed by atoms with Gasteiger partial charge in [-0.05, 0) is 37.6 Å². The van der Waals surface area contributed by atoms with Crippen LogP contribution in [0.2, 0.25) is 0 Å². The molecule has 100 valence electrons. The van der Waals surface area contributed by atoms with Crippen LogP contribution in [0.15, 0.2) is 0 Å². The van der Waals surface area contributed by atoms with Gasteiger partial charge in [0, 0.05) is 26.2 Å². The van der Waals surface area contributed by atoms with E-state index >= 15 is 0 Å². The fraction of sp³-hybridized carbons (Fsp3) is 1.00. The molecule has 2 aliphatic carbocycles. The van der Waals surface area contributed by atoms with E-state index in [0.29, 0.717) is 5.41 Å². The van der Waals surface area contributed by atoms with Gasteiger partial charge >= 0.3 is 0 Å². The average Bonchev–Trinajstić information content (AvgIpc) is 3.20. The summed E-state index contributed by atoms with van der Waals surface area (Å²) in [6, 6.07) is 0.829. The zero-order valence-electron chi connectivity index (χ0n) is 11.3. The molecule has 17 heavy (non-hydrogen) atoms. The molecule has 3 heteroatoms. The van der Waals surface area contributed by atoms with E-state index in [1.165, 1.54) is 51.5 Å². The van der Waals surface area contributed by atoms with Gasteiger partial charge in [-0.15, -0.1) is 0 Å². The van der Waals surface area contributed by atoms with Gasteiger partial charge in [0.2, 0.25) is 0 Å². The predicted molar refractivity (Wildman–Crippen MR) is 71.0 cm³/mol. The Bertz CT molecular complexity index is 222. The van der Waals surface area contributed by atoms with Crippen LogP contribution >= 0.6 is 0 Å². The van der Waals surface area contributed by atoms with Crippen molar-refractivity contribution >= 4 is 0 Å². The van der Waals surface area contributed by atoms with Gasteiger partial charge in [-0.2, -0.15) is 0 Å². The predicted octanol–water partition coefficient (Wildman–Crippen LogP) is 2.01. The first-order valence-corrected chi connectivity index (χ1v) is 7.23. The van der Waals surface area contributed by atoms with Crippen LogP contribution < -0.4 is 5.73 Å². The minimum atomic E-state index is 0.411. The second-order valence-corrected chi connectivity index (χ2v) is 5.96. The van der Waals surface area contributed by atoms with Crippen LogP contribution in [0.3, 0.4) is 0 Å². The first kappa shape index (κ1) is 13.3. The van der Waals surface area contributed by atoms with Crippen LogP contribution in [0.4, 0.5) is 0 Å². The molecule has 0 atom stereocenters. The number of hydrogen-bond acceptors (Lipinski definition) is 3. The van der Waals surface area contributed by atoms with Crippen molar-refractivity contribution in [2.45, 2.75) is 51.0 Å². The lowest BCUT2D eigenvalue weighted by molar-refractivity contribution is 0.0798. The highest BCUT2D eigenvalue weighted by molar-refractivity contribution is 4.92. The van der Waals surface area contributed by atoms with E-state index < -0.39 is 0 Å². The van der Waals surface area contributed by atoms with Gasteiger partial charge in [0.1, 0.15) is 0 Å². The van der Waals surface area contributed by atoms with Crippen LogP contribution in [0.5, 0.6) is 0 Å². The molecule has 0 heterocycles. The Labute approximate surface area is 106 Å². The number of hydrogen-bond donors (Lipinski definition) is 1. The van der Waals surface area contributed by atoms with Gasteiger partial charge in [-0.1, -0.05) is 19.3 Å². The van der Waals surface area contributed by atoms with Crippen molar-refractivity contribution in [3.05, 3.63) is 0 Å². The quantitative estimate of drug-likeness (QED) is 0.740. The van der Waals surface area contributed by atoms with E-state index in [0.717, 1.165) is 25.7 Å². The Morgan fingerprint density at radius 2 is 1.94 bits per heavy atom. The molecule has 0 aromatic carbocycles. The molecule has 2 rings (SSSR count). The second kappa shape index (κ2) is 6.17. The maximum absolute atomic E-state index is 6.08. The van der Waals surface area contributed by atoms with E-state index in [2.05, 4.69) is 4.90 Å². The molecule has 2 fully saturated rings. The molecular formula is C14H28N2O. The first-order valence-electron chi connectivity index (χ1n) is 7.23. The highest BCUT2D eigenvalue weighted by Crippen LogP contribution is 2.38. The van der Waals surface area contributed by atoms with Crippen LogP contribution in [0, 0.1) is 5.41 Å². The molecule has 3 nitrogen and oxygen atoms in total. The lowest BCUT2D eigenvalue weighted by atomic mass is 9.73. The Balaban J connectivity index is 1.89. The highest BCUT2D eigenvalue weighted by atomic mass is 16.5. The Morgan fingerprint density at radius 3 is 2.47 bits per heavy atom. The molecule has 0 aromatic heterocycles. The summed E-state index contributed by atoms with van der Waals surface area (Å²) in [6.07, 6.45) is 9.58. The summed E-state index contributed by atoms with van der Waals surface area (Å²) in [7, 11) is 1.80. The van der Waals surface area contributed by atoms with Crippen molar-refractivity contribution in [2.75, 3.05) is 33.4 Å². The zero-order chi connectivity index (χ0) is 12.1. The fourth-order valence-electron chi connectivity index (χ4n) is 3.20. The van der Waals surface area contributed by atoms with Crippen molar-refractivity contribution in [1.82, 2.24) is 4.90 Å². The van der Waals surface area contributed by atoms with Gasteiger partial charge in [0.15, 0.2) is 0 Å². The summed E-state index contributed by atoms with van der Waals surface area (Å²) in [4.78, 5) is 2.64. The molecule has 0 aliphatic heterocycles. The molecule has 2 saturated carbocycles. The molecule has 0 unspecified atom stereocenters. The summed E-state index contributed by atoms with van der Waals surface area (Å²) in [5.74, 6) is 0. The van der Waals surface area contributed by atoms with Crippen LogP contribution in [0.1, 0.15) is 44.9 Å². The maximum atomic E-state index is 6.08. The lowest BCUT2D eigenvalue weighted by Crippen LogP contribution is -2.45. The Hall–Kier alpha value is -0.120. The summed E-state index contributed by atoms with van der Waals surface area (Å²) < 4.78 is 5.23. The molecule has 0 spiro atoms. The number of rotatable bonds is 7. The molecule has 0 aromatic rings. The lowest BCUT2D eigenvalue weighted by Gasteiger charge is -2.40. The highest BCUT2D eigenvalue weighted by Gasteiger charge is 2.37. The Kier molecular flexibility index (Phi) is 4.83. The number of methoxy groups -OCH3 is 1. The van der Waals surface area contributed by atoms with E-state index in [9.17, 15) is 0 Å². The standard InChI is InChI=1S/C14H28N2O/c1-17-10-9-16(13-5-6-13)12-14(11-15)7-3-2-4-8-14/h13H,2-12,15H2,1H3. The van der Waals surface area contributed by atoms with Crippen molar-refractivity contribution in [2.24, 2.45) is 11.1 Å². The third-order valence-corrected chi connectivity index (χ3v) is 4.53. The van der Waals surface area contributed by atoms with Crippen molar-refractivity contribution in [3.63, 3.8) is 0 Å². The van der Waals surface area contributed by atoms with Gasteiger partial charge in [0.25, 0.3) is 0 Å². The number of nitrogens with zero attached hydrogens (tertiary/aromatic N) is 1. The summed E-state index contributed by atoms with van der Waals surface area (Å²) in [6.45, 7) is 4.01. The third-order valence-electron chi connectivity index (χ3n) is 4.53. The summed E-state index contributed by atoms with van der Waals surface area (Å²) in [5.41, 5.74) is 6.49. The first-order chi connectivity index (χ1) is 8.29. The van der Waals surface area contributed by atoms with E-state index in [-0.39, 0.29) is 0 Å². The van der Waals surface area contributed by atoms with E-state index in [1.807, 2.05) is 0 Å². The molecule has 0 saturated heterocycles. The second-order valence-electron chi connectivity index (χ2n) is 5.96. The minimum Gasteiger partial charge on any atom is -0.383 e. The van der Waals surface area contributed by atoms with Crippen molar-refractivity contribution in [3.8, 4) is 0 Å². The van der Waals surface area contributed by atoms with Gasteiger partial charge in [0.05, 0.1) is 6.61 Å². The van der Waals surface area contributed by atoms with Gasteiger partial charge in [-0.25, -0.2) is 0 Å². The van der Waals surface area contributed by atoms with E-state index in [1.54, 1.807) is 7.11 Å². The number of ether oxygens (including phenoxy) is 1. The normalized spacial score (nSPS) is 24.2. The molecular weight excluding hydrogens is 212 g/mol. The largest absolute Gasteiger partial charge is 0.383 e. The molecule has 0 amide bonds. The molecule has 2 aliphatic rings. The van der Waals surface area contributed by atoms with Crippen molar-refractivity contribution < 1.29 is 4.74 Å². The minimum absolute atomic E-state index is 0.411. The van der Waals surface area contributed by atoms with E-state index in [4.69, 9.17) is 10.5 Å². The number of nitrogens with two attached hydrogens (primary N) is 1. The third kappa shape index (κ3) is 3.67.